The number of carbonyl (C=O) groups excluding carboxylic acids is 1. The minimum absolute atomic E-state index is 0.224. The van der Waals surface area contributed by atoms with E-state index in [1.54, 1.807) is 24.3 Å². The van der Waals surface area contributed by atoms with Crippen LogP contribution in [0.2, 0.25) is 0 Å². The third-order valence-corrected chi connectivity index (χ3v) is 6.25. The van der Waals surface area contributed by atoms with E-state index in [1.165, 1.54) is 16.1 Å². The van der Waals surface area contributed by atoms with E-state index in [-0.39, 0.29) is 12.5 Å². The Hall–Kier alpha value is -3.32. The number of nitrogens with zero attached hydrogens (tertiary/aromatic N) is 1. The van der Waals surface area contributed by atoms with Crippen LogP contribution in [-0.2, 0) is 23.0 Å². The van der Waals surface area contributed by atoms with Gasteiger partial charge in [-0.25, -0.2) is 8.42 Å². The normalized spacial score (nSPS) is 11.1. The van der Waals surface area contributed by atoms with Crippen molar-refractivity contribution < 1.29 is 17.9 Å². The Morgan fingerprint density at radius 2 is 1.58 bits per heavy atom. The average Bonchev–Trinajstić information content (AvgIpc) is 2.81. The van der Waals surface area contributed by atoms with Gasteiger partial charge in [0.05, 0.1) is 25.0 Å². The van der Waals surface area contributed by atoms with E-state index in [2.05, 4.69) is 24.4 Å². The van der Waals surface area contributed by atoms with E-state index in [1.807, 2.05) is 42.5 Å². The first-order valence-corrected chi connectivity index (χ1v) is 12.8. The summed E-state index contributed by atoms with van der Waals surface area (Å²) in [6.45, 7) is 3.09. The van der Waals surface area contributed by atoms with E-state index in [9.17, 15) is 13.2 Å². The van der Waals surface area contributed by atoms with Crippen LogP contribution in [0.3, 0.4) is 0 Å². The first-order valence-electron chi connectivity index (χ1n) is 11.0. The van der Waals surface area contributed by atoms with E-state index < -0.39 is 10.0 Å². The number of hydrogen-bond donors (Lipinski definition) is 1. The van der Waals surface area contributed by atoms with Gasteiger partial charge in [-0.15, -0.1) is 0 Å². The number of amides is 1. The topological polar surface area (TPSA) is 75.7 Å². The molecule has 0 atom stereocenters. The molecule has 0 heterocycles. The second-order valence-corrected chi connectivity index (χ2v) is 9.71. The fraction of sp³-hybridized carbons (Fsp3) is 0.269. The van der Waals surface area contributed by atoms with Crippen LogP contribution in [0.1, 0.15) is 34.8 Å². The molecule has 0 fully saturated rings. The third kappa shape index (κ3) is 7.36. The Labute approximate surface area is 196 Å². The van der Waals surface area contributed by atoms with Gasteiger partial charge in [0.25, 0.3) is 5.91 Å². The maximum Gasteiger partial charge on any atom is 0.251 e. The smallest absolute Gasteiger partial charge is 0.251 e. The number of carbonyl (C=O) groups is 1. The summed E-state index contributed by atoms with van der Waals surface area (Å²) in [6, 6.07) is 23.9. The van der Waals surface area contributed by atoms with Crippen molar-refractivity contribution in [3.63, 3.8) is 0 Å². The van der Waals surface area contributed by atoms with Crippen LogP contribution in [0.15, 0.2) is 78.9 Å². The summed E-state index contributed by atoms with van der Waals surface area (Å²) in [4.78, 5) is 12.4. The van der Waals surface area contributed by atoms with Gasteiger partial charge in [-0.1, -0.05) is 55.8 Å². The van der Waals surface area contributed by atoms with Gasteiger partial charge in [0.1, 0.15) is 12.4 Å². The Balaban J connectivity index is 1.54. The van der Waals surface area contributed by atoms with Gasteiger partial charge in [-0.2, -0.15) is 0 Å². The molecule has 6 nitrogen and oxygen atoms in total. The van der Waals surface area contributed by atoms with Gasteiger partial charge in [0, 0.05) is 5.56 Å². The van der Waals surface area contributed by atoms with Gasteiger partial charge >= 0.3 is 0 Å². The molecular weight excluding hydrogens is 436 g/mol. The lowest BCUT2D eigenvalue weighted by atomic mass is 10.1. The van der Waals surface area contributed by atoms with Gasteiger partial charge in [-0.3, -0.25) is 9.10 Å². The quantitative estimate of drug-likeness (QED) is 0.425. The van der Waals surface area contributed by atoms with Gasteiger partial charge < -0.3 is 10.1 Å². The Morgan fingerprint density at radius 3 is 2.18 bits per heavy atom. The number of nitrogens with one attached hydrogen (secondary N) is 1. The number of ether oxygens (including phenoxy) is 1. The molecular formula is C26H30N2O4S. The number of hydrogen-bond acceptors (Lipinski definition) is 4. The predicted molar refractivity (Wildman–Crippen MR) is 132 cm³/mol. The molecule has 0 unspecified atom stereocenters. The molecule has 1 N–H and O–H groups in total. The third-order valence-electron chi connectivity index (χ3n) is 5.11. The molecule has 3 rings (SSSR count). The number of anilines is 1. The first kappa shape index (κ1) is 24.3. The lowest BCUT2D eigenvalue weighted by Gasteiger charge is -2.22. The predicted octanol–water partition coefficient (Wildman–Crippen LogP) is 4.41. The van der Waals surface area contributed by atoms with Gasteiger partial charge in [0.2, 0.25) is 10.0 Å². The molecule has 0 aliphatic rings. The zero-order valence-corrected chi connectivity index (χ0v) is 19.8. The van der Waals surface area contributed by atoms with Crippen LogP contribution in [0.25, 0.3) is 0 Å². The average molecular weight is 467 g/mol. The van der Waals surface area contributed by atoms with Crippen LogP contribution >= 0.6 is 0 Å². The van der Waals surface area contributed by atoms with Crippen LogP contribution < -0.4 is 14.4 Å². The van der Waals surface area contributed by atoms with Crippen molar-refractivity contribution in [2.75, 3.05) is 23.7 Å². The first-order chi connectivity index (χ1) is 15.9. The summed E-state index contributed by atoms with van der Waals surface area (Å²) < 4.78 is 31.7. The molecule has 1 amide bonds. The standard InChI is InChI=1S/C26H30N2O4S/c1-3-7-21-10-16-25(17-11-21)32-19-18-27-26(29)23-12-14-24(15-13-23)28(33(2,30)31)20-22-8-5-4-6-9-22/h4-6,8-17H,3,7,18-20H2,1-2H3,(H,27,29). The molecule has 3 aromatic carbocycles. The number of rotatable bonds is 11. The molecule has 0 aliphatic heterocycles. The second kappa shape index (κ2) is 11.5. The fourth-order valence-electron chi connectivity index (χ4n) is 3.40. The molecule has 0 saturated heterocycles. The molecule has 0 radical (unpaired) electrons. The van der Waals surface area contributed by atoms with Crippen LogP contribution in [0.5, 0.6) is 5.75 Å². The van der Waals surface area contributed by atoms with Crippen LogP contribution in [-0.4, -0.2) is 33.7 Å². The highest BCUT2D eigenvalue weighted by Gasteiger charge is 2.18. The maximum absolute atomic E-state index is 12.4. The molecule has 0 spiro atoms. The lowest BCUT2D eigenvalue weighted by molar-refractivity contribution is 0.0947. The molecule has 174 valence electrons. The Kier molecular flexibility index (Phi) is 8.49. The van der Waals surface area contributed by atoms with Crippen molar-refractivity contribution in [1.82, 2.24) is 5.32 Å². The van der Waals surface area contributed by atoms with Crippen molar-refractivity contribution in [3.05, 3.63) is 95.6 Å². The monoisotopic (exact) mass is 466 g/mol. The molecule has 7 heteroatoms. The van der Waals surface area contributed by atoms with Gasteiger partial charge in [-0.05, 0) is 53.9 Å². The number of benzene rings is 3. The highest BCUT2D eigenvalue weighted by molar-refractivity contribution is 7.92. The van der Waals surface area contributed by atoms with Crippen molar-refractivity contribution in [2.45, 2.75) is 26.3 Å². The Bertz CT molecular complexity index is 1130. The molecule has 0 bridgehead atoms. The highest BCUT2D eigenvalue weighted by Crippen LogP contribution is 2.21. The number of sulfonamides is 1. The number of aryl methyl sites for hydroxylation is 1. The summed E-state index contributed by atoms with van der Waals surface area (Å²) in [5.74, 6) is 0.533. The lowest BCUT2D eigenvalue weighted by Crippen LogP contribution is -2.30. The van der Waals surface area contributed by atoms with E-state index in [0.717, 1.165) is 24.2 Å². The molecule has 0 saturated carbocycles. The van der Waals surface area contributed by atoms with Crippen LogP contribution in [0.4, 0.5) is 5.69 Å². The summed E-state index contributed by atoms with van der Waals surface area (Å²) in [7, 11) is -3.48. The van der Waals surface area contributed by atoms with E-state index >= 15 is 0 Å². The van der Waals surface area contributed by atoms with Crippen molar-refractivity contribution in [3.8, 4) is 5.75 Å². The minimum atomic E-state index is -3.48. The summed E-state index contributed by atoms with van der Waals surface area (Å²) >= 11 is 0. The maximum atomic E-state index is 12.4. The van der Waals surface area contributed by atoms with Gasteiger partial charge in [0.15, 0.2) is 0 Å². The van der Waals surface area contributed by atoms with E-state index in [4.69, 9.17) is 4.74 Å². The van der Waals surface area contributed by atoms with Crippen molar-refractivity contribution in [1.29, 1.82) is 0 Å². The molecule has 33 heavy (non-hydrogen) atoms. The molecule has 3 aromatic rings. The molecule has 0 aromatic heterocycles. The van der Waals surface area contributed by atoms with E-state index in [0.29, 0.717) is 24.4 Å². The fourth-order valence-corrected chi connectivity index (χ4v) is 4.29. The highest BCUT2D eigenvalue weighted by atomic mass is 32.2. The van der Waals surface area contributed by atoms with Crippen LogP contribution in [0, 0.1) is 0 Å². The summed E-state index contributed by atoms with van der Waals surface area (Å²) in [6.07, 6.45) is 3.32. The van der Waals surface area contributed by atoms with Crippen molar-refractivity contribution >= 4 is 21.6 Å². The SMILES string of the molecule is CCCc1ccc(OCCNC(=O)c2ccc(N(Cc3ccccc3)S(C)(=O)=O)cc2)cc1. The summed E-state index contributed by atoms with van der Waals surface area (Å²) in [5, 5.41) is 2.82. The largest absolute Gasteiger partial charge is 0.492 e. The Morgan fingerprint density at radius 1 is 0.909 bits per heavy atom. The minimum Gasteiger partial charge on any atom is -0.492 e. The second-order valence-electron chi connectivity index (χ2n) is 7.80. The summed E-state index contributed by atoms with van der Waals surface area (Å²) in [5.41, 5.74) is 3.12. The zero-order chi connectivity index (χ0) is 23.7. The molecule has 0 aliphatic carbocycles. The van der Waals surface area contributed by atoms with Crippen molar-refractivity contribution in [2.24, 2.45) is 0 Å². The zero-order valence-electron chi connectivity index (χ0n) is 19.0.